The maximum absolute atomic E-state index is 14.1. The molecule has 0 saturated heterocycles. The first kappa shape index (κ1) is 22.1. The van der Waals surface area contributed by atoms with E-state index in [1.807, 2.05) is 0 Å². The first-order valence-electron chi connectivity index (χ1n) is 10.3. The molecule has 4 aromatic rings. The molecule has 6 nitrogen and oxygen atoms in total. The zero-order valence-electron chi connectivity index (χ0n) is 17.6. The highest BCUT2D eigenvalue weighted by Gasteiger charge is 2.31. The fraction of sp³-hybridized carbons (Fsp3) is 0.217. The molecule has 2 aromatic carbocycles. The largest absolute Gasteiger partial charge is 0.351 e. The summed E-state index contributed by atoms with van der Waals surface area (Å²) in [5.41, 5.74) is -0.275. The van der Waals surface area contributed by atoms with Crippen LogP contribution in [0.25, 0.3) is 21.7 Å². The van der Waals surface area contributed by atoms with E-state index >= 15 is 0 Å². The highest BCUT2D eigenvalue weighted by molar-refractivity contribution is 5.98. The van der Waals surface area contributed by atoms with Crippen LogP contribution in [0.2, 0.25) is 0 Å². The van der Waals surface area contributed by atoms with Crippen molar-refractivity contribution < 1.29 is 26.7 Å². The van der Waals surface area contributed by atoms with Gasteiger partial charge in [0.25, 0.3) is 17.9 Å². The van der Waals surface area contributed by atoms with Gasteiger partial charge in [0, 0.05) is 42.3 Å². The lowest BCUT2D eigenvalue weighted by atomic mass is 9.93. The van der Waals surface area contributed by atoms with Gasteiger partial charge in [-0.1, -0.05) is 0 Å². The molecule has 34 heavy (non-hydrogen) atoms. The number of alkyl halides is 2. The smallest absolute Gasteiger partial charge is 0.270 e. The Kier molecular flexibility index (Phi) is 5.16. The number of aromatic nitrogens is 2. The SMILES string of the molecule is CN(C(=O)c1cc2cc(F)c(C(F)F)cc2[nH]1)C1CNCc2[nH]c(=O)c3cc(F)c(F)cc3c21. The number of aromatic amines is 2. The van der Waals surface area contributed by atoms with Crippen molar-refractivity contribution in [3.63, 3.8) is 0 Å². The van der Waals surface area contributed by atoms with Gasteiger partial charge in [0.1, 0.15) is 11.5 Å². The van der Waals surface area contributed by atoms with E-state index < -0.39 is 46.9 Å². The molecular weight excluding hydrogens is 459 g/mol. The van der Waals surface area contributed by atoms with Gasteiger partial charge in [-0.2, -0.15) is 0 Å². The Morgan fingerprint density at radius 3 is 2.41 bits per heavy atom. The van der Waals surface area contributed by atoms with Crippen molar-refractivity contribution in [3.8, 4) is 0 Å². The van der Waals surface area contributed by atoms with Crippen molar-refractivity contribution in [1.29, 1.82) is 0 Å². The van der Waals surface area contributed by atoms with E-state index in [1.54, 1.807) is 0 Å². The number of nitrogens with zero attached hydrogens (tertiary/aromatic N) is 1. The van der Waals surface area contributed by atoms with Crippen molar-refractivity contribution in [3.05, 3.63) is 80.7 Å². The Morgan fingerprint density at radius 2 is 1.71 bits per heavy atom. The average molecular weight is 476 g/mol. The first-order chi connectivity index (χ1) is 16.2. The molecule has 1 aliphatic heterocycles. The first-order valence-corrected chi connectivity index (χ1v) is 10.3. The molecule has 0 fully saturated rings. The van der Waals surface area contributed by atoms with Crippen LogP contribution in [0.4, 0.5) is 22.0 Å². The van der Waals surface area contributed by atoms with Crippen LogP contribution in [-0.2, 0) is 6.54 Å². The van der Waals surface area contributed by atoms with Gasteiger partial charge in [-0.3, -0.25) is 9.59 Å². The van der Waals surface area contributed by atoms with Gasteiger partial charge in [0.2, 0.25) is 0 Å². The normalized spacial score (nSPS) is 15.8. The summed E-state index contributed by atoms with van der Waals surface area (Å²) in [6, 6.07) is 4.31. The van der Waals surface area contributed by atoms with E-state index in [4.69, 9.17) is 0 Å². The van der Waals surface area contributed by atoms with Crippen LogP contribution in [0.15, 0.2) is 35.1 Å². The van der Waals surface area contributed by atoms with E-state index in [9.17, 15) is 31.5 Å². The number of nitrogens with one attached hydrogen (secondary N) is 3. The molecular formula is C23H17F5N4O2. The van der Waals surface area contributed by atoms with Crippen LogP contribution < -0.4 is 10.9 Å². The Bertz CT molecular complexity index is 1530. The fourth-order valence-corrected chi connectivity index (χ4v) is 4.46. The molecule has 0 saturated carbocycles. The maximum atomic E-state index is 14.1. The Labute approximate surface area is 188 Å². The summed E-state index contributed by atoms with van der Waals surface area (Å²) in [5.74, 6) is -3.92. The van der Waals surface area contributed by atoms with Crippen LogP contribution in [0.5, 0.6) is 0 Å². The summed E-state index contributed by atoms with van der Waals surface area (Å²) in [4.78, 5) is 32.4. The van der Waals surface area contributed by atoms with Crippen molar-refractivity contribution in [2.45, 2.75) is 19.0 Å². The summed E-state index contributed by atoms with van der Waals surface area (Å²) in [6.07, 6.45) is -3.01. The van der Waals surface area contributed by atoms with Crippen molar-refractivity contribution in [2.24, 2.45) is 0 Å². The molecule has 11 heteroatoms. The Morgan fingerprint density at radius 1 is 1.00 bits per heavy atom. The molecule has 3 heterocycles. The highest BCUT2D eigenvalue weighted by Crippen LogP contribution is 2.33. The van der Waals surface area contributed by atoms with Crippen LogP contribution in [0.1, 0.15) is 39.8 Å². The minimum atomic E-state index is -3.01. The third kappa shape index (κ3) is 3.43. The molecule has 0 aliphatic carbocycles. The van der Waals surface area contributed by atoms with Crippen LogP contribution in [-0.4, -0.2) is 34.4 Å². The number of benzene rings is 2. The van der Waals surface area contributed by atoms with Crippen molar-refractivity contribution in [1.82, 2.24) is 20.2 Å². The lowest BCUT2D eigenvalue weighted by Gasteiger charge is -2.34. The number of hydrogen-bond donors (Lipinski definition) is 3. The summed E-state index contributed by atoms with van der Waals surface area (Å²) in [6.45, 7) is 0.500. The minimum absolute atomic E-state index is 0.0291. The molecule has 1 aliphatic rings. The predicted molar refractivity (Wildman–Crippen MR) is 114 cm³/mol. The Balaban J connectivity index is 1.58. The molecule has 176 valence electrons. The fourth-order valence-electron chi connectivity index (χ4n) is 4.46. The molecule has 2 aromatic heterocycles. The molecule has 1 unspecified atom stereocenters. The third-order valence-corrected chi connectivity index (χ3v) is 6.15. The lowest BCUT2D eigenvalue weighted by molar-refractivity contribution is 0.0718. The summed E-state index contributed by atoms with van der Waals surface area (Å²) in [7, 11) is 1.48. The Hall–Kier alpha value is -3.73. The highest BCUT2D eigenvalue weighted by atomic mass is 19.3. The predicted octanol–water partition coefficient (Wildman–Crippen LogP) is 4.28. The third-order valence-electron chi connectivity index (χ3n) is 6.15. The quantitative estimate of drug-likeness (QED) is 0.386. The number of H-pyrrole nitrogens is 2. The van der Waals surface area contributed by atoms with E-state index in [1.165, 1.54) is 18.0 Å². The number of likely N-dealkylation sites (N-methyl/N-ethyl adjacent to an activating group) is 1. The number of carbonyl (C=O) groups excluding carboxylic acids is 1. The van der Waals surface area contributed by atoms with Crippen LogP contribution >= 0.6 is 0 Å². The summed E-state index contributed by atoms with van der Waals surface area (Å²) in [5, 5.41) is 3.45. The van der Waals surface area contributed by atoms with Gasteiger partial charge in [-0.05, 0) is 35.7 Å². The molecule has 1 atom stereocenters. The van der Waals surface area contributed by atoms with Gasteiger partial charge >= 0.3 is 0 Å². The second-order valence-corrected chi connectivity index (χ2v) is 8.17. The number of carbonyl (C=O) groups is 1. The summed E-state index contributed by atoms with van der Waals surface area (Å²) < 4.78 is 67.9. The molecule has 0 radical (unpaired) electrons. The number of rotatable bonds is 3. The molecule has 1 amide bonds. The van der Waals surface area contributed by atoms with E-state index in [-0.39, 0.29) is 40.5 Å². The van der Waals surface area contributed by atoms with Gasteiger partial charge in [0.05, 0.1) is 17.0 Å². The van der Waals surface area contributed by atoms with Crippen molar-refractivity contribution in [2.75, 3.05) is 13.6 Å². The lowest BCUT2D eigenvalue weighted by Crippen LogP contribution is -2.42. The second-order valence-electron chi connectivity index (χ2n) is 8.17. The topological polar surface area (TPSA) is 81.0 Å². The number of fused-ring (bicyclic) bond motifs is 4. The number of amides is 1. The van der Waals surface area contributed by atoms with Crippen LogP contribution in [0, 0.1) is 17.5 Å². The van der Waals surface area contributed by atoms with Crippen LogP contribution in [0.3, 0.4) is 0 Å². The number of pyridine rings is 1. The average Bonchev–Trinajstić information content (AvgIpc) is 3.21. The summed E-state index contributed by atoms with van der Waals surface area (Å²) >= 11 is 0. The van der Waals surface area contributed by atoms with Crippen molar-refractivity contribution >= 4 is 27.6 Å². The standard InChI is InChI=1S/C23H17F5N4O2/c1-32(23(34)17-3-9-2-13(24)12(21(27)28)6-16(9)30-17)19-8-29-7-18-20(19)10-4-14(25)15(26)5-11(10)22(33)31-18/h2-6,19,21,29-30H,7-8H2,1H3,(H,31,33). The number of halogens is 5. The van der Waals surface area contributed by atoms with Gasteiger partial charge in [0.15, 0.2) is 11.6 Å². The zero-order chi connectivity index (χ0) is 24.3. The monoisotopic (exact) mass is 476 g/mol. The van der Waals surface area contributed by atoms with Gasteiger partial charge in [-0.25, -0.2) is 22.0 Å². The van der Waals surface area contributed by atoms with E-state index in [2.05, 4.69) is 15.3 Å². The number of hydrogen-bond acceptors (Lipinski definition) is 3. The van der Waals surface area contributed by atoms with E-state index in [0.29, 0.717) is 11.3 Å². The molecule has 0 spiro atoms. The maximum Gasteiger partial charge on any atom is 0.270 e. The second kappa shape index (κ2) is 7.94. The molecule has 0 bridgehead atoms. The van der Waals surface area contributed by atoms with Gasteiger partial charge in [-0.15, -0.1) is 0 Å². The molecule has 3 N–H and O–H groups in total. The minimum Gasteiger partial charge on any atom is -0.351 e. The van der Waals surface area contributed by atoms with E-state index in [0.717, 1.165) is 24.3 Å². The molecule has 5 rings (SSSR count). The zero-order valence-corrected chi connectivity index (χ0v) is 17.6. The van der Waals surface area contributed by atoms with Gasteiger partial charge < -0.3 is 20.2 Å².